The smallest absolute Gasteiger partial charge is 0.0792 e. The van der Waals surface area contributed by atoms with Crippen molar-refractivity contribution in [3.05, 3.63) is 34.9 Å². The van der Waals surface area contributed by atoms with Crippen molar-refractivity contribution in [2.75, 3.05) is 0 Å². The van der Waals surface area contributed by atoms with Gasteiger partial charge in [-0.05, 0) is 48.3 Å². The molecule has 0 aliphatic heterocycles. The molecular formula is C15H22O. The van der Waals surface area contributed by atoms with Crippen LogP contribution in [0.2, 0.25) is 0 Å². The Balaban J connectivity index is 2.35. The van der Waals surface area contributed by atoms with Gasteiger partial charge in [0.05, 0.1) is 6.10 Å². The maximum atomic E-state index is 10.1. The third kappa shape index (κ3) is 2.30. The summed E-state index contributed by atoms with van der Waals surface area (Å²) in [5.74, 6) is 0.598. The summed E-state index contributed by atoms with van der Waals surface area (Å²) in [7, 11) is 0. The van der Waals surface area contributed by atoms with Gasteiger partial charge in [-0.2, -0.15) is 0 Å². The number of fused-ring (bicyclic) bond motifs is 1. The predicted octanol–water partition coefficient (Wildman–Crippen LogP) is 3.96. The fourth-order valence-corrected chi connectivity index (χ4v) is 2.50. The zero-order valence-electron chi connectivity index (χ0n) is 10.4. The van der Waals surface area contributed by atoms with Gasteiger partial charge < -0.3 is 5.11 Å². The van der Waals surface area contributed by atoms with Crippen LogP contribution in [0, 0.1) is 0 Å². The molecule has 0 saturated heterocycles. The number of hydrogen-bond donors (Lipinski definition) is 1. The molecule has 16 heavy (non-hydrogen) atoms. The van der Waals surface area contributed by atoms with Crippen LogP contribution in [-0.4, -0.2) is 5.11 Å². The second kappa shape index (κ2) is 5.01. The number of aliphatic hydroxyl groups excluding tert-OH is 1. The van der Waals surface area contributed by atoms with Crippen LogP contribution < -0.4 is 0 Å². The minimum absolute atomic E-state index is 0.235. The molecule has 1 nitrogen and oxygen atoms in total. The van der Waals surface area contributed by atoms with Gasteiger partial charge in [0.1, 0.15) is 0 Å². The van der Waals surface area contributed by atoms with E-state index in [1.54, 1.807) is 0 Å². The lowest BCUT2D eigenvalue weighted by Gasteiger charge is -2.16. The second-order valence-electron chi connectivity index (χ2n) is 5.03. The van der Waals surface area contributed by atoms with Crippen molar-refractivity contribution in [3.8, 4) is 0 Å². The van der Waals surface area contributed by atoms with Crippen LogP contribution in [0.15, 0.2) is 18.2 Å². The van der Waals surface area contributed by atoms with Crippen molar-refractivity contribution in [2.24, 2.45) is 0 Å². The van der Waals surface area contributed by atoms with Gasteiger partial charge in [0, 0.05) is 0 Å². The van der Waals surface area contributed by atoms with Crippen molar-refractivity contribution >= 4 is 0 Å². The topological polar surface area (TPSA) is 20.2 Å². The molecule has 1 aromatic rings. The molecule has 1 aromatic carbocycles. The fraction of sp³-hybridized carbons (Fsp3) is 0.600. The van der Waals surface area contributed by atoms with Crippen LogP contribution in [0.5, 0.6) is 0 Å². The Morgan fingerprint density at radius 1 is 1.38 bits per heavy atom. The van der Waals surface area contributed by atoms with E-state index in [2.05, 4.69) is 32.0 Å². The third-order valence-corrected chi connectivity index (χ3v) is 3.88. The number of aryl methyl sites for hydroxylation is 1. The third-order valence-electron chi connectivity index (χ3n) is 3.88. The fourth-order valence-electron chi connectivity index (χ4n) is 2.50. The van der Waals surface area contributed by atoms with E-state index in [1.165, 1.54) is 23.1 Å². The van der Waals surface area contributed by atoms with E-state index < -0.39 is 0 Å². The first-order valence-corrected chi connectivity index (χ1v) is 6.53. The molecule has 0 spiro atoms. The summed E-state index contributed by atoms with van der Waals surface area (Å²) >= 11 is 0. The van der Waals surface area contributed by atoms with E-state index in [0.717, 1.165) is 25.7 Å². The van der Waals surface area contributed by atoms with Crippen molar-refractivity contribution in [1.82, 2.24) is 0 Å². The first kappa shape index (κ1) is 11.7. The van der Waals surface area contributed by atoms with Crippen molar-refractivity contribution in [1.29, 1.82) is 0 Å². The van der Waals surface area contributed by atoms with Crippen LogP contribution in [0.4, 0.5) is 0 Å². The molecule has 1 aliphatic rings. The summed E-state index contributed by atoms with van der Waals surface area (Å²) in [5.41, 5.74) is 3.93. The highest BCUT2D eigenvalue weighted by atomic mass is 16.3. The molecule has 0 heterocycles. The Labute approximate surface area is 98.5 Å². The Bertz CT molecular complexity index is 356. The summed E-state index contributed by atoms with van der Waals surface area (Å²) in [5, 5.41) is 10.1. The lowest BCUT2D eigenvalue weighted by atomic mass is 9.92. The first-order valence-electron chi connectivity index (χ1n) is 6.53. The highest BCUT2D eigenvalue weighted by molar-refractivity contribution is 5.36. The van der Waals surface area contributed by atoms with E-state index in [9.17, 15) is 5.11 Å². The number of aliphatic hydroxyl groups is 1. The lowest BCUT2D eigenvalue weighted by Crippen LogP contribution is -2.01. The van der Waals surface area contributed by atoms with Gasteiger partial charge >= 0.3 is 0 Å². The minimum Gasteiger partial charge on any atom is -0.388 e. The SMILES string of the molecule is CCC(C)c1ccc2c(c1)[C@@H](O)CCCC2. The summed E-state index contributed by atoms with van der Waals surface area (Å²) in [4.78, 5) is 0. The standard InChI is InChI=1S/C15H22O/c1-3-11(2)13-9-8-12-6-4-5-7-15(16)14(12)10-13/h8-11,15-16H,3-7H2,1-2H3/t11?,15-/m0/s1. The van der Waals surface area contributed by atoms with E-state index in [1.807, 2.05) is 0 Å². The molecule has 0 bridgehead atoms. The van der Waals surface area contributed by atoms with Gasteiger partial charge in [0.15, 0.2) is 0 Å². The Morgan fingerprint density at radius 3 is 2.94 bits per heavy atom. The summed E-state index contributed by atoms with van der Waals surface area (Å²) in [6, 6.07) is 6.70. The summed E-state index contributed by atoms with van der Waals surface area (Å²) < 4.78 is 0. The zero-order chi connectivity index (χ0) is 11.5. The Morgan fingerprint density at radius 2 is 2.19 bits per heavy atom. The molecule has 0 aromatic heterocycles. The Hall–Kier alpha value is -0.820. The second-order valence-corrected chi connectivity index (χ2v) is 5.03. The normalized spacial score (nSPS) is 22.3. The lowest BCUT2D eigenvalue weighted by molar-refractivity contribution is 0.166. The molecule has 1 N–H and O–H groups in total. The zero-order valence-corrected chi connectivity index (χ0v) is 10.4. The molecule has 0 radical (unpaired) electrons. The molecule has 1 aliphatic carbocycles. The average molecular weight is 218 g/mol. The van der Waals surface area contributed by atoms with E-state index in [-0.39, 0.29) is 6.10 Å². The largest absolute Gasteiger partial charge is 0.388 e. The summed E-state index contributed by atoms with van der Waals surface area (Å²) in [6.45, 7) is 4.47. The molecule has 2 atom stereocenters. The summed E-state index contributed by atoms with van der Waals surface area (Å²) in [6.07, 6.45) is 5.35. The van der Waals surface area contributed by atoms with Crippen molar-refractivity contribution < 1.29 is 5.11 Å². The van der Waals surface area contributed by atoms with Crippen LogP contribution in [0.25, 0.3) is 0 Å². The van der Waals surface area contributed by atoms with Crippen LogP contribution >= 0.6 is 0 Å². The molecular weight excluding hydrogens is 196 g/mol. The van der Waals surface area contributed by atoms with Crippen molar-refractivity contribution in [2.45, 2.75) is 58.0 Å². The Kier molecular flexibility index (Phi) is 3.65. The van der Waals surface area contributed by atoms with Crippen LogP contribution in [-0.2, 0) is 6.42 Å². The van der Waals surface area contributed by atoms with Gasteiger partial charge in [-0.25, -0.2) is 0 Å². The van der Waals surface area contributed by atoms with Gasteiger partial charge in [0.2, 0.25) is 0 Å². The van der Waals surface area contributed by atoms with Gasteiger partial charge in [-0.3, -0.25) is 0 Å². The highest BCUT2D eigenvalue weighted by Crippen LogP contribution is 2.31. The predicted molar refractivity (Wildman–Crippen MR) is 67.7 cm³/mol. The molecule has 1 unspecified atom stereocenters. The molecule has 2 rings (SSSR count). The molecule has 0 amide bonds. The van der Waals surface area contributed by atoms with Gasteiger partial charge in [-0.15, -0.1) is 0 Å². The number of rotatable bonds is 2. The van der Waals surface area contributed by atoms with Crippen LogP contribution in [0.3, 0.4) is 0 Å². The maximum absolute atomic E-state index is 10.1. The van der Waals surface area contributed by atoms with Gasteiger partial charge in [0.25, 0.3) is 0 Å². The number of hydrogen-bond acceptors (Lipinski definition) is 1. The van der Waals surface area contributed by atoms with Gasteiger partial charge in [-0.1, -0.05) is 38.5 Å². The van der Waals surface area contributed by atoms with Crippen molar-refractivity contribution in [3.63, 3.8) is 0 Å². The molecule has 1 heteroatoms. The van der Waals surface area contributed by atoms with Crippen LogP contribution in [0.1, 0.15) is 68.2 Å². The first-order chi connectivity index (χ1) is 7.72. The minimum atomic E-state index is -0.235. The molecule has 0 fully saturated rings. The van der Waals surface area contributed by atoms with E-state index in [4.69, 9.17) is 0 Å². The number of benzene rings is 1. The highest BCUT2D eigenvalue weighted by Gasteiger charge is 2.17. The molecule has 0 saturated carbocycles. The molecule has 88 valence electrons. The monoisotopic (exact) mass is 218 g/mol. The quantitative estimate of drug-likeness (QED) is 0.745. The van der Waals surface area contributed by atoms with E-state index in [0.29, 0.717) is 5.92 Å². The maximum Gasteiger partial charge on any atom is 0.0792 e. The van der Waals surface area contributed by atoms with E-state index >= 15 is 0 Å². The average Bonchev–Trinajstić information content (AvgIpc) is 2.50.